The Bertz CT molecular complexity index is 878. The molecule has 0 N–H and O–H groups in total. The van der Waals surface area contributed by atoms with E-state index < -0.39 is 15.3 Å². The highest BCUT2D eigenvalue weighted by atomic mass is 32.2. The number of hydrogen-bond donors (Lipinski definition) is 0. The van der Waals surface area contributed by atoms with Crippen molar-refractivity contribution in [3.05, 3.63) is 71.3 Å². The highest BCUT2D eigenvalue weighted by molar-refractivity contribution is 7.89. The van der Waals surface area contributed by atoms with Crippen molar-refractivity contribution < 1.29 is 17.9 Å². The molecule has 0 spiro atoms. The van der Waals surface area contributed by atoms with E-state index in [-0.39, 0.29) is 12.0 Å². The van der Waals surface area contributed by atoms with Gasteiger partial charge >= 0.3 is 5.97 Å². The molecule has 144 valence electrons. The number of sulfonamides is 1. The Labute approximate surface area is 161 Å². The second kappa shape index (κ2) is 8.23. The molecule has 1 saturated heterocycles. The summed E-state index contributed by atoms with van der Waals surface area (Å²) in [7, 11) is -3.46. The van der Waals surface area contributed by atoms with Gasteiger partial charge in [0.25, 0.3) is 0 Å². The molecule has 2 atom stereocenters. The third-order valence-corrected chi connectivity index (χ3v) is 7.37. The topological polar surface area (TPSA) is 63.7 Å². The largest absolute Gasteiger partial charge is 0.462 e. The summed E-state index contributed by atoms with van der Waals surface area (Å²) in [6, 6.07) is 16.3. The highest BCUT2D eigenvalue weighted by Crippen LogP contribution is 2.37. The van der Waals surface area contributed by atoms with Gasteiger partial charge < -0.3 is 4.74 Å². The van der Waals surface area contributed by atoms with Gasteiger partial charge in [-0.3, -0.25) is 0 Å². The van der Waals surface area contributed by atoms with Crippen LogP contribution in [0.3, 0.4) is 0 Å². The lowest BCUT2D eigenvalue weighted by Gasteiger charge is -2.37. The Morgan fingerprint density at radius 2 is 1.74 bits per heavy atom. The van der Waals surface area contributed by atoms with Crippen molar-refractivity contribution in [1.82, 2.24) is 4.31 Å². The number of carbonyl (C=O) groups is 1. The molecule has 0 amide bonds. The average Bonchev–Trinajstić information content (AvgIpc) is 2.66. The second-order valence-electron chi connectivity index (χ2n) is 6.83. The minimum Gasteiger partial charge on any atom is -0.462 e. The Balaban J connectivity index is 1.81. The van der Waals surface area contributed by atoms with Crippen molar-refractivity contribution in [2.45, 2.75) is 44.5 Å². The minimum absolute atomic E-state index is 0.0558. The van der Waals surface area contributed by atoms with Gasteiger partial charge in [-0.15, -0.1) is 0 Å². The van der Waals surface area contributed by atoms with Gasteiger partial charge in [0, 0.05) is 12.6 Å². The molecule has 1 unspecified atom stereocenters. The second-order valence-corrected chi connectivity index (χ2v) is 8.90. The van der Waals surface area contributed by atoms with Crippen molar-refractivity contribution in [3.63, 3.8) is 0 Å². The molecular formula is C21H25NO4S. The van der Waals surface area contributed by atoms with Crippen molar-refractivity contribution >= 4 is 16.0 Å². The number of nitrogens with zero attached hydrogens (tertiary/aromatic N) is 1. The SMILES string of the molecule is CCOC(=O)c1ccc(CN2[C@@H](C)CCC(c3ccccc3)S2(=O)=O)cc1. The third kappa shape index (κ3) is 4.22. The van der Waals surface area contributed by atoms with E-state index in [4.69, 9.17) is 4.74 Å². The zero-order valence-electron chi connectivity index (χ0n) is 15.7. The molecule has 0 saturated carbocycles. The number of rotatable bonds is 5. The van der Waals surface area contributed by atoms with Crippen LogP contribution < -0.4 is 0 Å². The first-order valence-electron chi connectivity index (χ1n) is 9.25. The zero-order valence-corrected chi connectivity index (χ0v) is 16.5. The molecule has 0 aromatic heterocycles. The van der Waals surface area contributed by atoms with E-state index in [1.54, 1.807) is 35.5 Å². The van der Waals surface area contributed by atoms with E-state index >= 15 is 0 Å². The summed E-state index contributed by atoms with van der Waals surface area (Å²) in [6.07, 6.45) is 1.45. The first-order valence-corrected chi connectivity index (χ1v) is 10.8. The maximum atomic E-state index is 13.2. The average molecular weight is 388 g/mol. The fourth-order valence-corrected chi connectivity index (χ4v) is 5.69. The smallest absolute Gasteiger partial charge is 0.338 e. The molecule has 27 heavy (non-hydrogen) atoms. The third-order valence-electron chi connectivity index (χ3n) is 5.00. The van der Waals surface area contributed by atoms with E-state index in [1.165, 1.54) is 0 Å². The quantitative estimate of drug-likeness (QED) is 0.730. The van der Waals surface area contributed by atoms with Gasteiger partial charge in [-0.1, -0.05) is 42.5 Å². The number of ether oxygens (including phenoxy) is 1. The molecule has 2 aromatic carbocycles. The van der Waals surface area contributed by atoms with Gasteiger partial charge in [0.05, 0.1) is 12.2 Å². The summed E-state index contributed by atoms with van der Waals surface area (Å²) < 4.78 is 33.1. The van der Waals surface area contributed by atoms with Gasteiger partial charge in [0.2, 0.25) is 10.0 Å². The number of esters is 1. The molecule has 5 nitrogen and oxygen atoms in total. The van der Waals surface area contributed by atoms with Gasteiger partial charge in [-0.2, -0.15) is 4.31 Å². The van der Waals surface area contributed by atoms with E-state index in [0.717, 1.165) is 17.5 Å². The van der Waals surface area contributed by atoms with E-state index in [1.807, 2.05) is 37.3 Å². The summed E-state index contributed by atoms with van der Waals surface area (Å²) >= 11 is 0. The summed E-state index contributed by atoms with van der Waals surface area (Å²) in [5, 5.41) is -0.506. The van der Waals surface area contributed by atoms with Crippen molar-refractivity contribution in [3.8, 4) is 0 Å². The predicted octanol–water partition coefficient (Wildman–Crippen LogP) is 3.92. The van der Waals surface area contributed by atoms with Crippen LogP contribution in [0.5, 0.6) is 0 Å². The lowest BCUT2D eigenvalue weighted by molar-refractivity contribution is 0.0526. The molecule has 1 heterocycles. The summed E-state index contributed by atoms with van der Waals surface area (Å²) in [5.74, 6) is -0.368. The number of hydrogen-bond acceptors (Lipinski definition) is 4. The normalized spacial score (nSPS) is 22.3. The Morgan fingerprint density at radius 3 is 2.37 bits per heavy atom. The Morgan fingerprint density at radius 1 is 1.07 bits per heavy atom. The summed E-state index contributed by atoms with van der Waals surface area (Å²) in [6.45, 7) is 4.34. The monoisotopic (exact) mass is 387 g/mol. The number of benzene rings is 2. The zero-order chi connectivity index (χ0) is 19.4. The molecule has 2 aromatic rings. The summed E-state index contributed by atoms with van der Waals surface area (Å²) in [5.41, 5.74) is 2.16. The van der Waals surface area contributed by atoms with Crippen LogP contribution in [0.4, 0.5) is 0 Å². The van der Waals surface area contributed by atoms with Gasteiger partial charge in [-0.05, 0) is 49.9 Å². The first kappa shape index (κ1) is 19.6. The molecule has 0 bridgehead atoms. The standard InChI is InChI=1S/C21H25NO4S/c1-3-26-21(23)19-12-10-17(11-13-19)15-22-16(2)9-14-20(27(22,24)25)18-7-5-4-6-8-18/h4-8,10-13,16,20H,3,9,14-15H2,1-2H3/t16-,20?/m0/s1. The van der Waals surface area contributed by atoms with Crippen LogP contribution in [0.25, 0.3) is 0 Å². The molecule has 1 aliphatic rings. The van der Waals surface area contributed by atoms with Crippen molar-refractivity contribution in [1.29, 1.82) is 0 Å². The van der Waals surface area contributed by atoms with Crippen molar-refractivity contribution in [2.75, 3.05) is 6.61 Å². The number of carbonyl (C=O) groups excluding carboxylic acids is 1. The first-order chi connectivity index (χ1) is 12.9. The maximum absolute atomic E-state index is 13.2. The van der Waals surface area contributed by atoms with Gasteiger partial charge in [0.15, 0.2) is 0 Å². The molecule has 1 fully saturated rings. The minimum atomic E-state index is -3.46. The van der Waals surface area contributed by atoms with Gasteiger partial charge in [-0.25, -0.2) is 13.2 Å². The van der Waals surface area contributed by atoms with Crippen molar-refractivity contribution in [2.24, 2.45) is 0 Å². The van der Waals surface area contributed by atoms with E-state index in [2.05, 4.69) is 0 Å². The Kier molecular flexibility index (Phi) is 5.97. The van der Waals surface area contributed by atoms with Crippen LogP contribution >= 0.6 is 0 Å². The molecular weight excluding hydrogens is 362 g/mol. The maximum Gasteiger partial charge on any atom is 0.338 e. The van der Waals surface area contributed by atoms with E-state index in [9.17, 15) is 13.2 Å². The summed E-state index contributed by atoms with van der Waals surface area (Å²) in [4.78, 5) is 11.8. The molecule has 6 heteroatoms. The molecule has 3 rings (SSSR count). The molecule has 0 radical (unpaired) electrons. The highest BCUT2D eigenvalue weighted by Gasteiger charge is 2.40. The molecule has 0 aliphatic carbocycles. The Hall–Kier alpha value is -2.18. The van der Waals surface area contributed by atoms with E-state index in [0.29, 0.717) is 25.1 Å². The van der Waals surface area contributed by atoms with Crippen LogP contribution in [0.2, 0.25) is 0 Å². The lowest BCUT2D eigenvalue weighted by Crippen LogP contribution is -2.44. The fraction of sp³-hybridized carbons (Fsp3) is 0.381. The van der Waals surface area contributed by atoms with Crippen LogP contribution in [0, 0.1) is 0 Å². The predicted molar refractivity (Wildman–Crippen MR) is 105 cm³/mol. The van der Waals surface area contributed by atoms with Crippen LogP contribution in [0.15, 0.2) is 54.6 Å². The fourth-order valence-electron chi connectivity index (χ4n) is 3.49. The van der Waals surface area contributed by atoms with Gasteiger partial charge in [0.1, 0.15) is 5.25 Å². The molecule has 1 aliphatic heterocycles. The van der Waals surface area contributed by atoms with Crippen LogP contribution in [0.1, 0.15) is 53.4 Å². The lowest BCUT2D eigenvalue weighted by atomic mass is 10.0. The van der Waals surface area contributed by atoms with Crippen LogP contribution in [-0.4, -0.2) is 31.3 Å². The van der Waals surface area contributed by atoms with Crippen LogP contribution in [-0.2, 0) is 21.3 Å².